The van der Waals surface area contributed by atoms with Crippen molar-refractivity contribution in [2.45, 2.75) is 52.9 Å². The lowest BCUT2D eigenvalue weighted by atomic mass is 9.91. The van der Waals surface area contributed by atoms with Crippen LogP contribution < -0.4 is 0 Å². The topological polar surface area (TPSA) is 23.0 Å². The molecule has 9 aromatic rings. The van der Waals surface area contributed by atoms with Crippen LogP contribution in [0.2, 0.25) is 0 Å². The molecule has 6 aromatic carbocycles. The Morgan fingerprint density at radius 3 is 1.94 bits per heavy atom. The number of para-hydroxylation sites is 2. The maximum atomic E-state index is 6.21. The van der Waals surface area contributed by atoms with Gasteiger partial charge in [-0.2, -0.15) is 0 Å². The number of furan rings is 1. The highest BCUT2D eigenvalue weighted by atomic mass is 16.3. The van der Waals surface area contributed by atoms with Gasteiger partial charge in [0, 0.05) is 43.7 Å². The number of hydrogen-bond acceptors (Lipinski definition) is 1. The second-order valence-electron chi connectivity index (χ2n) is 13.7. The Bertz CT molecular complexity index is 2650. The lowest BCUT2D eigenvalue weighted by Crippen LogP contribution is -2.03. The normalized spacial score (nSPS) is 12.8. The number of unbranched alkanes of at least 4 members (excludes halogenated alkanes) is 1. The molecule has 3 aromatic heterocycles. The molecule has 3 nitrogen and oxygen atoms in total. The second-order valence-corrected chi connectivity index (χ2v) is 13.7. The molecule has 0 spiro atoms. The molecule has 3 heteroatoms. The van der Waals surface area contributed by atoms with Gasteiger partial charge in [0.25, 0.3) is 0 Å². The van der Waals surface area contributed by atoms with Crippen LogP contribution in [0.15, 0.2) is 126 Å². The van der Waals surface area contributed by atoms with E-state index in [-0.39, 0.29) is 0 Å². The van der Waals surface area contributed by atoms with Crippen LogP contribution >= 0.6 is 0 Å². The number of nitrogens with zero attached hydrogens (tertiary/aromatic N) is 2. The summed E-state index contributed by atoms with van der Waals surface area (Å²) in [6.07, 6.45) is 6.19. The minimum absolute atomic E-state index is 0.712. The van der Waals surface area contributed by atoms with Gasteiger partial charge in [-0.1, -0.05) is 93.6 Å². The first-order valence-electron chi connectivity index (χ1n) is 17.6. The Morgan fingerprint density at radius 1 is 0.542 bits per heavy atom. The van der Waals surface area contributed by atoms with Gasteiger partial charge in [0.15, 0.2) is 0 Å². The highest BCUT2D eigenvalue weighted by Crippen LogP contribution is 2.39. The number of rotatable bonds is 8. The highest BCUT2D eigenvalue weighted by Gasteiger charge is 2.19. The van der Waals surface area contributed by atoms with Gasteiger partial charge in [-0.3, -0.25) is 0 Å². The van der Waals surface area contributed by atoms with E-state index >= 15 is 0 Å². The molecule has 0 bridgehead atoms. The molecule has 1 unspecified atom stereocenters. The summed E-state index contributed by atoms with van der Waals surface area (Å²) in [4.78, 5) is 0. The lowest BCUT2D eigenvalue weighted by Gasteiger charge is -2.15. The molecule has 48 heavy (non-hydrogen) atoms. The molecule has 0 amide bonds. The minimum Gasteiger partial charge on any atom is -0.456 e. The molecule has 0 saturated heterocycles. The van der Waals surface area contributed by atoms with Gasteiger partial charge in [-0.05, 0) is 97.6 Å². The molecule has 0 aliphatic carbocycles. The molecule has 1 atom stereocenters. The van der Waals surface area contributed by atoms with Crippen LogP contribution in [-0.2, 0) is 6.42 Å². The van der Waals surface area contributed by atoms with E-state index in [4.69, 9.17) is 4.42 Å². The quantitative estimate of drug-likeness (QED) is 0.165. The average molecular weight is 625 g/mol. The zero-order chi connectivity index (χ0) is 32.4. The predicted molar refractivity (Wildman–Crippen MR) is 204 cm³/mol. The zero-order valence-electron chi connectivity index (χ0n) is 28.0. The summed E-state index contributed by atoms with van der Waals surface area (Å²) in [6, 6.07) is 44.9. The predicted octanol–water partition coefficient (Wildman–Crippen LogP) is 12.8. The van der Waals surface area contributed by atoms with E-state index in [2.05, 4.69) is 145 Å². The van der Waals surface area contributed by atoms with Gasteiger partial charge in [-0.25, -0.2) is 0 Å². The smallest absolute Gasteiger partial charge is 0.135 e. The van der Waals surface area contributed by atoms with Gasteiger partial charge in [0.1, 0.15) is 11.2 Å². The third-order valence-electron chi connectivity index (χ3n) is 10.6. The summed E-state index contributed by atoms with van der Waals surface area (Å²) in [5.74, 6) is 0.712. The molecule has 0 aliphatic heterocycles. The van der Waals surface area contributed by atoms with Crippen molar-refractivity contribution >= 4 is 65.6 Å². The Labute approximate surface area is 281 Å². The van der Waals surface area contributed by atoms with Crippen molar-refractivity contribution in [2.75, 3.05) is 0 Å². The number of aryl methyl sites for hydroxylation is 1. The molecular formula is C45H40N2O. The van der Waals surface area contributed by atoms with E-state index in [0.29, 0.717) is 5.92 Å². The van der Waals surface area contributed by atoms with Crippen molar-refractivity contribution in [2.24, 2.45) is 5.92 Å². The fourth-order valence-corrected chi connectivity index (χ4v) is 8.10. The van der Waals surface area contributed by atoms with Crippen molar-refractivity contribution in [1.82, 2.24) is 9.13 Å². The van der Waals surface area contributed by atoms with Gasteiger partial charge in [-0.15, -0.1) is 0 Å². The highest BCUT2D eigenvalue weighted by molar-refractivity contribution is 6.13. The average Bonchev–Trinajstić information content (AvgIpc) is 3.76. The van der Waals surface area contributed by atoms with E-state index in [0.717, 1.165) is 34.0 Å². The van der Waals surface area contributed by atoms with E-state index in [1.807, 2.05) is 6.07 Å². The van der Waals surface area contributed by atoms with Crippen LogP contribution in [0.5, 0.6) is 0 Å². The summed E-state index contributed by atoms with van der Waals surface area (Å²) in [5.41, 5.74) is 11.8. The van der Waals surface area contributed by atoms with Crippen molar-refractivity contribution in [3.05, 3.63) is 132 Å². The van der Waals surface area contributed by atoms with Crippen molar-refractivity contribution < 1.29 is 4.42 Å². The number of fused-ring (bicyclic) bond motifs is 9. The number of benzene rings is 6. The fourth-order valence-electron chi connectivity index (χ4n) is 8.10. The van der Waals surface area contributed by atoms with Crippen LogP contribution in [0.3, 0.4) is 0 Å². The molecule has 236 valence electrons. The van der Waals surface area contributed by atoms with Gasteiger partial charge in [0.2, 0.25) is 0 Å². The van der Waals surface area contributed by atoms with Gasteiger partial charge < -0.3 is 13.6 Å². The summed E-state index contributed by atoms with van der Waals surface area (Å²) >= 11 is 0. The summed E-state index contributed by atoms with van der Waals surface area (Å²) in [7, 11) is 0. The van der Waals surface area contributed by atoms with Crippen LogP contribution in [-0.4, -0.2) is 9.13 Å². The largest absolute Gasteiger partial charge is 0.456 e. The maximum absolute atomic E-state index is 6.21. The molecule has 3 heterocycles. The monoisotopic (exact) mass is 624 g/mol. The van der Waals surface area contributed by atoms with Crippen molar-refractivity contribution in [1.29, 1.82) is 0 Å². The maximum Gasteiger partial charge on any atom is 0.135 e. The zero-order valence-corrected chi connectivity index (χ0v) is 28.0. The first-order valence-corrected chi connectivity index (χ1v) is 17.6. The lowest BCUT2D eigenvalue weighted by molar-refractivity contribution is 0.449. The summed E-state index contributed by atoms with van der Waals surface area (Å²) < 4.78 is 11.1. The Hall–Kier alpha value is -5.28. The summed E-state index contributed by atoms with van der Waals surface area (Å²) in [5, 5.41) is 7.48. The van der Waals surface area contributed by atoms with E-state index in [1.54, 1.807) is 0 Å². The molecular weight excluding hydrogens is 585 g/mol. The van der Waals surface area contributed by atoms with Gasteiger partial charge >= 0.3 is 0 Å². The molecule has 0 radical (unpaired) electrons. The minimum atomic E-state index is 0.712. The third kappa shape index (κ3) is 4.56. The second kappa shape index (κ2) is 11.5. The van der Waals surface area contributed by atoms with E-state index < -0.39 is 0 Å². The first-order chi connectivity index (χ1) is 23.6. The SMILES string of the molecule is CCCCC(CC)Cc1ccc2c(c1)c1cc(-n3c4ccccc4c4cc(C)ccc43)ccc1n2-c1ccc2oc3ccccc3c2c1. The Morgan fingerprint density at radius 2 is 1.15 bits per heavy atom. The summed E-state index contributed by atoms with van der Waals surface area (Å²) in [6.45, 7) is 6.83. The fraction of sp³-hybridized carbons (Fsp3) is 0.200. The van der Waals surface area contributed by atoms with Crippen molar-refractivity contribution in [3.8, 4) is 11.4 Å². The van der Waals surface area contributed by atoms with Gasteiger partial charge in [0.05, 0.1) is 22.1 Å². The van der Waals surface area contributed by atoms with Crippen LogP contribution in [0.1, 0.15) is 50.7 Å². The first kappa shape index (κ1) is 28.9. The van der Waals surface area contributed by atoms with Crippen molar-refractivity contribution in [3.63, 3.8) is 0 Å². The Balaban J connectivity index is 1.29. The molecule has 0 aliphatic rings. The third-order valence-corrected chi connectivity index (χ3v) is 10.6. The molecule has 9 rings (SSSR count). The number of hydrogen-bond donors (Lipinski definition) is 0. The van der Waals surface area contributed by atoms with Crippen LogP contribution in [0, 0.1) is 12.8 Å². The standard InChI is InChI=1S/C45H40N2O/c1-4-6-11-30(5-2)25-31-17-21-42-37(26-31)38-27-32(46-40-14-9-7-12-34(40)36-24-29(3)16-20-41(36)46)18-22-43(38)47(42)33-19-23-45-39(28-33)35-13-8-10-15-44(35)48-45/h7-10,12-24,26-28,30H,4-6,11,25H2,1-3H3. The van der Waals surface area contributed by atoms with Crippen LogP contribution in [0.25, 0.3) is 76.9 Å². The molecule has 0 saturated carbocycles. The van der Waals surface area contributed by atoms with E-state index in [9.17, 15) is 0 Å². The molecule has 0 N–H and O–H groups in total. The van der Waals surface area contributed by atoms with Crippen LogP contribution in [0.4, 0.5) is 0 Å². The Kier molecular flexibility index (Phi) is 6.90. The molecule has 0 fully saturated rings. The van der Waals surface area contributed by atoms with E-state index in [1.165, 1.54) is 86.1 Å². The number of aromatic nitrogens is 2.